The molecule has 0 saturated heterocycles. The molecule has 2 N–H and O–H groups in total. The number of carboxylic acids is 1. The minimum absolute atomic E-state index is 0.0176. The quantitative estimate of drug-likeness (QED) is 0.264. The van der Waals surface area contributed by atoms with Crippen molar-refractivity contribution in [3.05, 3.63) is 95.6 Å². The molecule has 0 spiro atoms. The van der Waals surface area contributed by atoms with Gasteiger partial charge in [0, 0.05) is 36.3 Å². The summed E-state index contributed by atoms with van der Waals surface area (Å²) in [6.45, 7) is -0.247. The fraction of sp³-hybridized carbons (Fsp3) is 0.233. The zero-order chi connectivity index (χ0) is 29.7. The molecule has 0 aliphatic heterocycles. The van der Waals surface area contributed by atoms with Crippen molar-refractivity contribution in [3.63, 3.8) is 0 Å². The number of nitrogens with zero attached hydrogens (tertiary/aromatic N) is 4. The molecule has 1 aliphatic rings. The van der Waals surface area contributed by atoms with Crippen molar-refractivity contribution < 1.29 is 32.6 Å². The molecule has 5 rings (SSSR count). The molecule has 0 unspecified atom stereocenters. The van der Waals surface area contributed by atoms with Crippen LogP contribution in [0.4, 0.5) is 13.2 Å². The monoisotopic (exact) mass is 577 g/mol. The highest BCUT2D eigenvalue weighted by Crippen LogP contribution is 2.31. The lowest BCUT2D eigenvalue weighted by Crippen LogP contribution is -2.36. The number of ether oxygens (including phenoxy) is 1. The molecule has 3 aromatic heterocycles. The molecule has 9 nitrogen and oxygen atoms in total. The van der Waals surface area contributed by atoms with Crippen LogP contribution in [0.1, 0.15) is 47.2 Å². The summed E-state index contributed by atoms with van der Waals surface area (Å²) < 4.78 is 45.2. The summed E-state index contributed by atoms with van der Waals surface area (Å²) in [4.78, 5) is 31.7. The van der Waals surface area contributed by atoms with Crippen molar-refractivity contribution in [3.8, 4) is 22.9 Å². The highest BCUT2D eigenvalue weighted by Gasteiger charge is 2.30. The van der Waals surface area contributed by atoms with Gasteiger partial charge in [-0.3, -0.25) is 19.3 Å². The number of rotatable bonds is 8. The molecule has 42 heavy (non-hydrogen) atoms. The average Bonchev–Trinajstić information content (AvgIpc) is 3.42. The Labute approximate surface area is 238 Å². The van der Waals surface area contributed by atoms with Crippen LogP contribution >= 0.6 is 0 Å². The van der Waals surface area contributed by atoms with E-state index in [0.29, 0.717) is 22.6 Å². The first kappa shape index (κ1) is 28.5. The molecule has 1 saturated carbocycles. The van der Waals surface area contributed by atoms with Crippen LogP contribution in [-0.2, 0) is 17.5 Å². The van der Waals surface area contributed by atoms with E-state index in [4.69, 9.17) is 9.84 Å². The smallest absolute Gasteiger partial charge is 0.417 e. The van der Waals surface area contributed by atoms with Gasteiger partial charge in [0.05, 0.1) is 23.0 Å². The number of carboxylic acid groups (broad SMARTS) is 1. The van der Waals surface area contributed by atoms with Gasteiger partial charge in [0.25, 0.3) is 5.91 Å². The highest BCUT2D eigenvalue weighted by molar-refractivity contribution is 5.94. The second-order valence-corrected chi connectivity index (χ2v) is 9.86. The topological polar surface area (TPSA) is 119 Å². The number of hydrogen-bond acceptors (Lipinski definition) is 6. The first-order chi connectivity index (χ1) is 20.1. The van der Waals surface area contributed by atoms with Crippen LogP contribution < -0.4 is 10.1 Å². The third-order valence-corrected chi connectivity index (χ3v) is 6.73. The predicted octanol–water partition coefficient (Wildman–Crippen LogP) is 5.99. The van der Waals surface area contributed by atoms with Gasteiger partial charge >= 0.3 is 12.1 Å². The predicted molar refractivity (Wildman–Crippen MR) is 147 cm³/mol. The second-order valence-electron chi connectivity index (χ2n) is 9.86. The molecule has 1 amide bonds. The fourth-order valence-electron chi connectivity index (χ4n) is 4.60. The number of carbonyl (C=O) groups is 2. The number of hydrogen-bond donors (Lipinski definition) is 2. The number of alkyl halides is 3. The van der Waals surface area contributed by atoms with Gasteiger partial charge in [0.2, 0.25) is 5.88 Å². The van der Waals surface area contributed by atoms with Gasteiger partial charge in [-0.05, 0) is 61.6 Å². The molecule has 12 heteroatoms. The summed E-state index contributed by atoms with van der Waals surface area (Å²) in [7, 11) is 0. The summed E-state index contributed by atoms with van der Waals surface area (Å²) >= 11 is 0. The second kappa shape index (κ2) is 12.2. The van der Waals surface area contributed by atoms with Crippen molar-refractivity contribution >= 4 is 18.0 Å². The van der Waals surface area contributed by atoms with Crippen LogP contribution in [0, 0.1) is 0 Å². The van der Waals surface area contributed by atoms with E-state index in [1.165, 1.54) is 28.7 Å². The Bertz CT molecular complexity index is 1590. The van der Waals surface area contributed by atoms with Crippen LogP contribution in [0.3, 0.4) is 0 Å². The van der Waals surface area contributed by atoms with E-state index in [1.54, 1.807) is 36.5 Å². The Morgan fingerprint density at radius 1 is 1.05 bits per heavy atom. The Kier molecular flexibility index (Phi) is 8.32. The SMILES string of the molecule is O=C(O)Cn1cc(-c2ccc(C(=O)NC3CCC(=Cc4cccc(Oc5ccc(C(F)(F)F)cn5)c4)CC3)cn2)cn1. The van der Waals surface area contributed by atoms with Crippen molar-refractivity contribution in [2.24, 2.45) is 0 Å². The van der Waals surface area contributed by atoms with E-state index in [1.807, 2.05) is 6.07 Å². The zero-order valence-corrected chi connectivity index (χ0v) is 22.2. The van der Waals surface area contributed by atoms with Crippen LogP contribution in [0.15, 0.2) is 78.9 Å². The van der Waals surface area contributed by atoms with E-state index in [2.05, 4.69) is 26.5 Å². The molecule has 3 heterocycles. The fourth-order valence-corrected chi connectivity index (χ4v) is 4.60. The number of aliphatic carboxylic acids is 1. The van der Waals surface area contributed by atoms with E-state index < -0.39 is 17.7 Å². The molecule has 216 valence electrons. The summed E-state index contributed by atoms with van der Waals surface area (Å²) in [5, 5.41) is 16.0. The average molecular weight is 578 g/mol. The van der Waals surface area contributed by atoms with E-state index in [9.17, 15) is 22.8 Å². The molecule has 1 fully saturated rings. The maximum Gasteiger partial charge on any atom is 0.417 e. The number of carbonyl (C=O) groups excluding carboxylic acids is 1. The minimum atomic E-state index is -4.46. The third kappa shape index (κ3) is 7.39. The van der Waals surface area contributed by atoms with Crippen molar-refractivity contribution in [2.75, 3.05) is 0 Å². The first-order valence-electron chi connectivity index (χ1n) is 13.1. The maximum absolute atomic E-state index is 12.8. The lowest BCUT2D eigenvalue weighted by atomic mass is 9.89. The van der Waals surface area contributed by atoms with E-state index in [0.717, 1.165) is 43.5 Å². The summed E-state index contributed by atoms with van der Waals surface area (Å²) in [5.74, 6) is -0.673. The number of benzene rings is 1. The van der Waals surface area contributed by atoms with Crippen molar-refractivity contribution in [2.45, 2.75) is 44.4 Å². The lowest BCUT2D eigenvalue weighted by Gasteiger charge is -2.25. The molecule has 0 atom stereocenters. The standard InChI is InChI=1S/C30H26F3N5O4/c31-30(32,33)23-7-11-27(35-16-23)42-25-3-1-2-20(13-25)12-19-4-8-24(9-5-19)37-29(41)21-6-10-26(34-14-21)22-15-36-38(17-22)18-28(39)40/h1-3,6-7,10-17,24H,4-5,8-9,18H2,(H,37,41)(H,39,40). The molecular weight excluding hydrogens is 551 g/mol. The van der Waals surface area contributed by atoms with Gasteiger partial charge in [-0.15, -0.1) is 0 Å². The van der Waals surface area contributed by atoms with Gasteiger partial charge in [-0.2, -0.15) is 18.3 Å². The van der Waals surface area contributed by atoms with Gasteiger partial charge in [-0.25, -0.2) is 4.98 Å². The highest BCUT2D eigenvalue weighted by atomic mass is 19.4. The molecular formula is C30H26F3N5O4. The van der Waals surface area contributed by atoms with Gasteiger partial charge in [0.15, 0.2) is 0 Å². The van der Waals surface area contributed by atoms with Crippen LogP contribution in [-0.4, -0.2) is 42.8 Å². The Morgan fingerprint density at radius 2 is 1.86 bits per heavy atom. The largest absolute Gasteiger partial charge is 0.480 e. The van der Waals surface area contributed by atoms with Gasteiger partial charge in [-0.1, -0.05) is 23.8 Å². The van der Waals surface area contributed by atoms with Crippen LogP contribution in [0.25, 0.3) is 17.3 Å². The van der Waals surface area contributed by atoms with Crippen molar-refractivity contribution in [1.29, 1.82) is 0 Å². The number of halogens is 3. The van der Waals surface area contributed by atoms with E-state index >= 15 is 0 Å². The van der Waals surface area contributed by atoms with E-state index in [-0.39, 0.29) is 24.4 Å². The maximum atomic E-state index is 12.8. The number of aromatic nitrogens is 4. The Balaban J connectivity index is 1.13. The Morgan fingerprint density at radius 3 is 2.52 bits per heavy atom. The normalized spacial score (nSPS) is 15.2. The third-order valence-electron chi connectivity index (χ3n) is 6.73. The zero-order valence-electron chi connectivity index (χ0n) is 22.2. The number of amides is 1. The van der Waals surface area contributed by atoms with Crippen LogP contribution in [0.2, 0.25) is 0 Å². The molecule has 0 radical (unpaired) electrons. The number of pyridine rings is 2. The molecule has 1 aliphatic carbocycles. The summed E-state index contributed by atoms with van der Waals surface area (Å²) in [6.07, 6.45) is 6.10. The Hall–Kier alpha value is -5.00. The van der Waals surface area contributed by atoms with Gasteiger partial charge in [0.1, 0.15) is 12.3 Å². The van der Waals surface area contributed by atoms with Gasteiger partial charge < -0.3 is 15.2 Å². The van der Waals surface area contributed by atoms with Crippen LogP contribution in [0.5, 0.6) is 11.6 Å². The molecule has 1 aromatic carbocycles. The minimum Gasteiger partial charge on any atom is -0.480 e. The molecule has 4 aromatic rings. The summed E-state index contributed by atoms with van der Waals surface area (Å²) in [6, 6.07) is 12.7. The van der Waals surface area contributed by atoms with Crippen molar-refractivity contribution in [1.82, 2.24) is 25.1 Å². The summed E-state index contributed by atoms with van der Waals surface area (Å²) in [5.41, 5.74) is 2.95. The lowest BCUT2D eigenvalue weighted by molar-refractivity contribution is -0.138. The number of allylic oxidation sites excluding steroid dienone is 1. The first-order valence-corrected chi connectivity index (χ1v) is 13.1. The molecule has 0 bridgehead atoms. The number of nitrogens with one attached hydrogen (secondary N) is 1.